The highest BCUT2D eigenvalue weighted by Crippen LogP contribution is 2.37. The molecule has 1 N–H and O–H groups in total. The van der Waals surface area contributed by atoms with Gasteiger partial charge in [-0.25, -0.2) is 4.79 Å². The molecule has 0 radical (unpaired) electrons. The van der Waals surface area contributed by atoms with Gasteiger partial charge in [0.1, 0.15) is 11.6 Å². The van der Waals surface area contributed by atoms with Crippen molar-refractivity contribution in [2.75, 3.05) is 20.3 Å². The van der Waals surface area contributed by atoms with E-state index in [0.29, 0.717) is 45.0 Å². The van der Waals surface area contributed by atoms with Crippen LogP contribution in [0.2, 0.25) is 0 Å². The molecule has 158 valence electrons. The standard InChI is InChI=1S/C22H23BrN2O5/c1-6-29-17-10-14(9-16(23)21(17)28-5)8-15(11-24)20(26)19-12(3)18(13(4)25-19)22(27)30-7-2/h8-10,25H,6-7H2,1-5H3/b15-8+. The normalized spacial score (nSPS) is 11.0. The molecule has 8 heteroatoms. The maximum Gasteiger partial charge on any atom is 0.340 e. The SMILES string of the molecule is CCOC(=O)c1c(C)[nH]c(C(=O)/C(C#N)=C/c2cc(Br)c(OC)c(OCC)c2)c1C. The summed E-state index contributed by atoms with van der Waals surface area (Å²) in [5.41, 5.74) is 1.95. The van der Waals surface area contributed by atoms with E-state index in [2.05, 4.69) is 20.9 Å². The number of carbonyl (C=O) groups excluding carboxylic acids is 2. The fraction of sp³-hybridized carbons (Fsp3) is 0.318. The van der Waals surface area contributed by atoms with Crippen LogP contribution >= 0.6 is 15.9 Å². The predicted molar refractivity (Wildman–Crippen MR) is 116 cm³/mol. The van der Waals surface area contributed by atoms with Crippen molar-refractivity contribution in [2.24, 2.45) is 0 Å². The van der Waals surface area contributed by atoms with Gasteiger partial charge in [0, 0.05) is 5.69 Å². The number of ether oxygens (including phenoxy) is 3. The minimum atomic E-state index is -0.515. The third-order valence-electron chi connectivity index (χ3n) is 4.36. The number of aryl methyl sites for hydroxylation is 1. The van der Waals surface area contributed by atoms with Crippen LogP contribution in [0.15, 0.2) is 22.2 Å². The van der Waals surface area contributed by atoms with Gasteiger partial charge in [-0.3, -0.25) is 4.79 Å². The number of allylic oxidation sites excluding steroid dienone is 1. The van der Waals surface area contributed by atoms with Crippen LogP contribution in [0.3, 0.4) is 0 Å². The molecule has 1 heterocycles. The highest BCUT2D eigenvalue weighted by Gasteiger charge is 2.25. The van der Waals surface area contributed by atoms with Gasteiger partial charge in [0.2, 0.25) is 5.78 Å². The second kappa shape index (κ2) is 10.1. The van der Waals surface area contributed by atoms with Crippen molar-refractivity contribution in [3.05, 3.63) is 50.3 Å². The lowest BCUT2D eigenvalue weighted by atomic mass is 10.0. The van der Waals surface area contributed by atoms with Gasteiger partial charge in [0.15, 0.2) is 11.5 Å². The Balaban J connectivity index is 2.50. The highest BCUT2D eigenvalue weighted by molar-refractivity contribution is 9.10. The third-order valence-corrected chi connectivity index (χ3v) is 4.95. The summed E-state index contributed by atoms with van der Waals surface area (Å²) in [7, 11) is 1.53. The number of H-pyrrole nitrogens is 1. The van der Waals surface area contributed by atoms with E-state index in [0.717, 1.165) is 0 Å². The van der Waals surface area contributed by atoms with Crippen LogP contribution in [-0.2, 0) is 4.74 Å². The van der Waals surface area contributed by atoms with Crippen LogP contribution in [0.4, 0.5) is 0 Å². The number of methoxy groups -OCH3 is 1. The number of nitrogens with one attached hydrogen (secondary N) is 1. The molecule has 0 unspecified atom stereocenters. The summed E-state index contributed by atoms with van der Waals surface area (Å²) in [6.45, 7) is 7.54. The molecule has 0 aliphatic carbocycles. The monoisotopic (exact) mass is 474 g/mol. The van der Waals surface area contributed by atoms with Crippen molar-refractivity contribution in [3.8, 4) is 17.6 Å². The van der Waals surface area contributed by atoms with Gasteiger partial charge in [0.25, 0.3) is 0 Å². The molecule has 0 aliphatic rings. The topological polar surface area (TPSA) is 101 Å². The molecule has 1 aromatic heterocycles. The van der Waals surface area contributed by atoms with Crippen molar-refractivity contribution in [2.45, 2.75) is 27.7 Å². The van der Waals surface area contributed by atoms with Crippen LogP contribution in [0.1, 0.15) is 51.5 Å². The summed E-state index contributed by atoms with van der Waals surface area (Å²) in [5, 5.41) is 9.61. The quantitative estimate of drug-likeness (QED) is 0.256. The second-order valence-corrected chi connectivity index (χ2v) is 7.17. The number of carbonyl (C=O) groups is 2. The lowest BCUT2D eigenvalue weighted by molar-refractivity contribution is 0.0525. The average molecular weight is 475 g/mol. The van der Waals surface area contributed by atoms with E-state index in [1.54, 1.807) is 32.9 Å². The molecule has 2 rings (SSSR count). The number of hydrogen-bond donors (Lipinski definition) is 1. The van der Waals surface area contributed by atoms with E-state index < -0.39 is 11.8 Å². The van der Waals surface area contributed by atoms with Crippen LogP contribution in [0.25, 0.3) is 6.08 Å². The number of nitriles is 1. The first-order chi connectivity index (χ1) is 14.3. The first kappa shape index (κ1) is 23.2. The molecule has 0 aliphatic heterocycles. The number of esters is 1. The number of ketones is 1. The number of benzene rings is 1. The van der Waals surface area contributed by atoms with Crippen LogP contribution in [0, 0.1) is 25.2 Å². The third kappa shape index (κ3) is 4.74. The van der Waals surface area contributed by atoms with Crippen molar-refractivity contribution in [1.82, 2.24) is 4.98 Å². The predicted octanol–water partition coefficient (Wildman–Crippen LogP) is 4.77. The van der Waals surface area contributed by atoms with E-state index >= 15 is 0 Å². The van der Waals surface area contributed by atoms with E-state index in [9.17, 15) is 14.9 Å². The number of halogens is 1. The fourth-order valence-corrected chi connectivity index (χ4v) is 3.69. The molecule has 0 bridgehead atoms. The Morgan fingerprint density at radius 2 is 1.93 bits per heavy atom. The van der Waals surface area contributed by atoms with E-state index in [1.165, 1.54) is 13.2 Å². The minimum absolute atomic E-state index is 0.0886. The summed E-state index contributed by atoms with van der Waals surface area (Å²) >= 11 is 3.42. The van der Waals surface area contributed by atoms with Crippen LogP contribution < -0.4 is 9.47 Å². The van der Waals surface area contributed by atoms with Crippen molar-refractivity contribution >= 4 is 33.8 Å². The summed E-state index contributed by atoms with van der Waals surface area (Å²) in [6.07, 6.45) is 1.47. The zero-order valence-electron chi connectivity index (χ0n) is 17.5. The Hall–Kier alpha value is -3.05. The molecular formula is C22H23BrN2O5. The maximum atomic E-state index is 13.0. The van der Waals surface area contributed by atoms with E-state index in [4.69, 9.17) is 14.2 Å². The summed E-state index contributed by atoms with van der Waals surface area (Å²) in [5.74, 6) is -0.0140. The number of aromatic amines is 1. The second-order valence-electron chi connectivity index (χ2n) is 6.31. The maximum absolute atomic E-state index is 13.0. The first-order valence-corrected chi connectivity index (χ1v) is 10.1. The van der Waals surface area contributed by atoms with Gasteiger partial charge in [-0.05, 0) is 73.0 Å². The number of rotatable bonds is 8. The highest BCUT2D eigenvalue weighted by atomic mass is 79.9. The van der Waals surface area contributed by atoms with Crippen molar-refractivity contribution < 1.29 is 23.8 Å². The number of Topliss-reactive ketones (excluding diaryl/α,β-unsaturated/α-hetero) is 1. The Bertz CT molecular complexity index is 1050. The lowest BCUT2D eigenvalue weighted by Crippen LogP contribution is -2.08. The Labute approximate surface area is 183 Å². The molecule has 2 aromatic rings. The number of hydrogen-bond acceptors (Lipinski definition) is 6. The zero-order valence-corrected chi connectivity index (χ0v) is 19.1. The van der Waals surface area contributed by atoms with Gasteiger partial charge < -0.3 is 19.2 Å². The molecule has 0 spiro atoms. The Morgan fingerprint density at radius 1 is 1.23 bits per heavy atom. The smallest absolute Gasteiger partial charge is 0.340 e. The summed E-state index contributed by atoms with van der Waals surface area (Å²) in [4.78, 5) is 28.1. The summed E-state index contributed by atoms with van der Waals surface area (Å²) in [6, 6.07) is 5.36. The summed E-state index contributed by atoms with van der Waals surface area (Å²) < 4.78 is 16.6. The first-order valence-electron chi connectivity index (χ1n) is 9.32. The molecule has 1 aromatic carbocycles. The average Bonchev–Trinajstić information content (AvgIpc) is 3.00. The van der Waals surface area contributed by atoms with Gasteiger partial charge >= 0.3 is 5.97 Å². The largest absolute Gasteiger partial charge is 0.492 e. The fourth-order valence-electron chi connectivity index (χ4n) is 3.07. The van der Waals surface area contributed by atoms with Gasteiger partial charge in [-0.15, -0.1) is 0 Å². The van der Waals surface area contributed by atoms with Gasteiger partial charge in [-0.2, -0.15) is 5.26 Å². The van der Waals surface area contributed by atoms with Crippen molar-refractivity contribution in [3.63, 3.8) is 0 Å². The van der Waals surface area contributed by atoms with Gasteiger partial charge in [0.05, 0.1) is 36.1 Å². The van der Waals surface area contributed by atoms with Gasteiger partial charge in [-0.1, -0.05) is 0 Å². The van der Waals surface area contributed by atoms with E-state index in [1.807, 2.05) is 13.0 Å². The molecule has 7 nitrogen and oxygen atoms in total. The molecule has 0 saturated carbocycles. The molecule has 0 saturated heterocycles. The molecule has 0 fully saturated rings. The molecular weight excluding hydrogens is 452 g/mol. The van der Waals surface area contributed by atoms with E-state index in [-0.39, 0.29) is 17.9 Å². The molecule has 0 atom stereocenters. The minimum Gasteiger partial charge on any atom is -0.492 e. The lowest BCUT2D eigenvalue weighted by Gasteiger charge is -2.12. The molecule has 30 heavy (non-hydrogen) atoms. The Morgan fingerprint density at radius 3 is 2.50 bits per heavy atom. The van der Waals surface area contributed by atoms with Crippen LogP contribution in [0.5, 0.6) is 11.5 Å². The van der Waals surface area contributed by atoms with Crippen LogP contribution in [-0.4, -0.2) is 37.1 Å². The number of aromatic nitrogens is 1. The van der Waals surface area contributed by atoms with Crippen molar-refractivity contribution in [1.29, 1.82) is 5.26 Å². The Kier molecular flexibility index (Phi) is 7.84. The molecule has 0 amide bonds. The number of nitrogens with zero attached hydrogens (tertiary/aromatic N) is 1. The zero-order chi connectivity index (χ0) is 22.4.